The van der Waals surface area contributed by atoms with Gasteiger partial charge in [-0.1, -0.05) is 25.5 Å². The van der Waals surface area contributed by atoms with Crippen LogP contribution in [0.4, 0.5) is 0 Å². The lowest BCUT2D eigenvalue weighted by atomic mass is 10.1. The molecule has 2 rings (SSSR count). The van der Waals surface area contributed by atoms with E-state index in [1.807, 2.05) is 29.2 Å². The van der Waals surface area contributed by atoms with Gasteiger partial charge in [0.15, 0.2) is 0 Å². The van der Waals surface area contributed by atoms with Crippen LogP contribution in [-0.2, 0) is 11.3 Å². The van der Waals surface area contributed by atoms with E-state index < -0.39 is 5.97 Å². The zero-order valence-electron chi connectivity index (χ0n) is 12.0. The smallest absolute Gasteiger partial charge is 0.320 e. The number of aliphatic carboxylic acids is 1. The van der Waals surface area contributed by atoms with Gasteiger partial charge in [-0.2, -0.15) is 0 Å². The van der Waals surface area contributed by atoms with Crippen molar-refractivity contribution in [2.75, 3.05) is 13.2 Å². The van der Waals surface area contributed by atoms with Gasteiger partial charge in [0.25, 0.3) is 0 Å². The van der Waals surface area contributed by atoms with Crippen LogP contribution in [0, 0.1) is 0 Å². The molecule has 1 saturated heterocycles. The first-order valence-electron chi connectivity index (χ1n) is 7.39. The first-order valence-corrected chi connectivity index (χ1v) is 7.39. The second-order valence-corrected chi connectivity index (χ2v) is 5.32. The summed E-state index contributed by atoms with van der Waals surface area (Å²) in [5, 5.41) is 9.19. The Hall–Kier alpha value is -1.55. The van der Waals surface area contributed by atoms with E-state index in [1.54, 1.807) is 0 Å². The molecular weight excluding hydrogens is 254 g/mol. The number of rotatable bonds is 7. The van der Waals surface area contributed by atoms with Gasteiger partial charge in [-0.25, -0.2) is 0 Å². The molecule has 0 aromatic heterocycles. The average molecular weight is 277 g/mol. The summed E-state index contributed by atoms with van der Waals surface area (Å²) in [5.41, 5.74) is 1.12. The SMILES string of the molecule is CCCCOc1cccc(CN2CCCC2C(=O)O)c1. The van der Waals surface area contributed by atoms with Gasteiger partial charge in [-0.05, 0) is 43.5 Å². The predicted molar refractivity (Wildman–Crippen MR) is 77.9 cm³/mol. The van der Waals surface area contributed by atoms with Crippen molar-refractivity contribution in [2.24, 2.45) is 0 Å². The first kappa shape index (κ1) is 14.9. The van der Waals surface area contributed by atoms with Crippen molar-refractivity contribution in [3.63, 3.8) is 0 Å². The van der Waals surface area contributed by atoms with E-state index in [2.05, 4.69) is 6.92 Å². The van der Waals surface area contributed by atoms with Crippen molar-refractivity contribution < 1.29 is 14.6 Å². The Labute approximate surface area is 120 Å². The van der Waals surface area contributed by atoms with Gasteiger partial charge in [-0.15, -0.1) is 0 Å². The highest BCUT2D eigenvalue weighted by Crippen LogP contribution is 2.22. The summed E-state index contributed by atoms with van der Waals surface area (Å²) in [7, 11) is 0. The topological polar surface area (TPSA) is 49.8 Å². The molecule has 20 heavy (non-hydrogen) atoms. The molecule has 1 aliphatic heterocycles. The molecule has 1 aromatic carbocycles. The fourth-order valence-electron chi connectivity index (χ4n) is 2.60. The molecule has 0 amide bonds. The van der Waals surface area contributed by atoms with Crippen LogP contribution in [0.3, 0.4) is 0 Å². The van der Waals surface area contributed by atoms with E-state index >= 15 is 0 Å². The lowest BCUT2D eigenvalue weighted by molar-refractivity contribution is -0.142. The maximum absolute atomic E-state index is 11.2. The highest BCUT2D eigenvalue weighted by atomic mass is 16.5. The Balaban J connectivity index is 1.95. The Morgan fingerprint density at radius 1 is 1.50 bits per heavy atom. The molecule has 0 bridgehead atoms. The van der Waals surface area contributed by atoms with Gasteiger partial charge in [0.2, 0.25) is 0 Å². The lowest BCUT2D eigenvalue weighted by Gasteiger charge is -2.21. The molecular formula is C16H23NO3. The van der Waals surface area contributed by atoms with E-state index in [0.29, 0.717) is 6.54 Å². The van der Waals surface area contributed by atoms with Crippen molar-refractivity contribution in [1.29, 1.82) is 0 Å². The third-order valence-electron chi connectivity index (χ3n) is 3.70. The third kappa shape index (κ3) is 3.97. The van der Waals surface area contributed by atoms with E-state index in [9.17, 15) is 9.90 Å². The number of carboxylic acid groups (broad SMARTS) is 1. The number of hydrogen-bond acceptors (Lipinski definition) is 3. The summed E-state index contributed by atoms with van der Waals surface area (Å²) in [4.78, 5) is 13.2. The standard InChI is InChI=1S/C16H23NO3/c1-2-3-10-20-14-7-4-6-13(11-14)12-17-9-5-8-15(17)16(18)19/h4,6-7,11,15H,2-3,5,8-10,12H2,1H3,(H,18,19). The average Bonchev–Trinajstić information content (AvgIpc) is 2.88. The molecule has 1 aliphatic rings. The first-order chi connectivity index (χ1) is 9.70. The summed E-state index contributed by atoms with van der Waals surface area (Å²) < 4.78 is 5.69. The predicted octanol–water partition coefficient (Wildman–Crippen LogP) is 2.91. The van der Waals surface area contributed by atoms with Crippen LogP contribution >= 0.6 is 0 Å². The maximum atomic E-state index is 11.2. The summed E-state index contributed by atoms with van der Waals surface area (Å²) in [6.07, 6.45) is 3.89. The fraction of sp³-hybridized carbons (Fsp3) is 0.562. The van der Waals surface area contributed by atoms with Crippen molar-refractivity contribution in [1.82, 2.24) is 4.90 Å². The normalized spacial score (nSPS) is 19.1. The van der Waals surface area contributed by atoms with Gasteiger partial charge < -0.3 is 9.84 Å². The number of carboxylic acids is 1. The molecule has 1 aromatic rings. The summed E-state index contributed by atoms with van der Waals surface area (Å²) >= 11 is 0. The van der Waals surface area contributed by atoms with Gasteiger partial charge in [0.1, 0.15) is 11.8 Å². The lowest BCUT2D eigenvalue weighted by Crippen LogP contribution is -2.35. The molecule has 1 heterocycles. The van der Waals surface area contributed by atoms with E-state index in [0.717, 1.165) is 50.1 Å². The van der Waals surface area contributed by atoms with Crippen molar-refractivity contribution in [2.45, 2.75) is 45.2 Å². The second kappa shape index (κ2) is 7.29. The summed E-state index contributed by atoms with van der Waals surface area (Å²) in [6, 6.07) is 7.65. The third-order valence-corrected chi connectivity index (χ3v) is 3.70. The van der Waals surface area contributed by atoms with Gasteiger partial charge >= 0.3 is 5.97 Å². The fourth-order valence-corrected chi connectivity index (χ4v) is 2.60. The Morgan fingerprint density at radius 3 is 3.10 bits per heavy atom. The number of nitrogens with zero attached hydrogens (tertiary/aromatic N) is 1. The molecule has 0 aliphatic carbocycles. The molecule has 110 valence electrons. The molecule has 0 spiro atoms. The van der Waals surface area contributed by atoms with Crippen LogP contribution in [-0.4, -0.2) is 35.2 Å². The molecule has 1 N–H and O–H groups in total. The molecule has 4 nitrogen and oxygen atoms in total. The van der Waals surface area contributed by atoms with Crippen molar-refractivity contribution in [3.05, 3.63) is 29.8 Å². The Bertz CT molecular complexity index is 447. The van der Waals surface area contributed by atoms with Crippen LogP contribution in [0.5, 0.6) is 5.75 Å². The molecule has 0 saturated carbocycles. The minimum atomic E-state index is -0.710. The largest absolute Gasteiger partial charge is 0.494 e. The zero-order chi connectivity index (χ0) is 14.4. The summed E-state index contributed by atoms with van der Waals surface area (Å²) in [5.74, 6) is 0.167. The van der Waals surface area contributed by atoms with Crippen LogP contribution in [0.15, 0.2) is 24.3 Å². The molecule has 1 fully saturated rings. The van der Waals surface area contributed by atoms with Gasteiger partial charge in [0, 0.05) is 6.54 Å². The molecule has 1 unspecified atom stereocenters. The number of benzene rings is 1. The highest BCUT2D eigenvalue weighted by molar-refractivity contribution is 5.73. The molecule has 1 atom stereocenters. The van der Waals surface area contributed by atoms with Crippen LogP contribution in [0.1, 0.15) is 38.2 Å². The van der Waals surface area contributed by atoms with Crippen LogP contribution < -0.4 is 4.74 Å². The Morgan fingerprint density at radius 2 is 2.35 bits per heavy atom. The number of unbranched alkanes of at least 4 members (excludes halogenated alkanes) is 1. The van der Waals surface area contributed by atoms with Gasteiger partial charge in [0.05, 0.1) is 6.61 Å². The minimum absolute atomic E-state index is 0.334. The quantitative estimate of drug-likeness (QED) is 0.779. The Kier molecular flexibility index (Phi) is 5.41. The summed E-state index contributed by atoms with van der Waals surface area (Å²) in [6.45, 7) is 4.42. The number of ether oxygens (including phenoxy) is 1. The van der Waals surface area contributed by atoms with E-state index in [4.69, 9.17) is 4.74 Å². The number of carbonyl (C=O) groups is 1. The van der Waals surface area contributed by atoms with E-state index in [1.165, 1.54) is 0 Å². The monoisotopic (exact) mass is 277 g/mol. The highest BCUT2D eigenvalue weighted by Gasteiger charge is 2.30. The number of hydrogen-bond donors (Lipinski definition) is 1. The van der Waals surface area contributed by atoms with Crippen molar-refractivity contribution >= 4 is 5.97 Å². The van der Waals surface area contributed by atoms with Crippen LogP contribution in [0.25, 0.3) is 0 Å². The van der Waals surface area contributed by atoms with Crippen molar-refractivity contribution in [3.8, 4) is 5.75 Å². The maximum Gasteiger partial charge on any atom is 0.320 e. The minimum Gasteiger partial charge on any atom is -0.494 e. The number of likely N-dealkylation sites (tertiary alicyclic amines) is 1. The van der Waals surface area contributed by atoms with Gasteiger partial charge in [-0.3, -0.25) is 9.69 Å². The molecule has 0 radical (unpaired) electrons. The zero-order valence-corrected chi connectivity index (χ0v) is 12.0. The second-order valence-electron chi connectivity index (χ2n) is 5.32. The van der Waals surface area contributed by atoms with E-state index in [-0.39, 0.29) is 6.04 Å². The molecule has 4 heteroatoms. The van der Waals surface area contributed by atoms with Crippen LogP contribution in [0.2, 0.25) is 0 Å².